The Labute approximate surface area is 133 Å². The molecule has 1 unspecified atom stereocenters. The van der Waals surface area contributed by atoms with Crippen molar-refractivity contribution in [2.24, 2.45) is 5.41 Å². The molecule has 22 heavy (non-hydrogen) atoms. The van der Waals surface area contributed by atoms with E-state index in [1.54, 1.807) is 7.11 Å². The van der Waals surface area contributed by atoms with E-state index >= 15 is 0 Å². The van der Waals surface area contributed by atoms with Gasteiger partial charge in [-0.05, 0) is 35.1 Å². The van der Waals surface area contributed by atoms with Crippen LogP contribution in [0.3, 0.4) is 0 Å². The zero-order valence-corrected chi connectivity index (χ0v) is 13.8. The zero-order valence-electron chi connectivity index (χ0n) is 13.8. The fourth-order valence-corrected chi connectivity index (χ4v) is 3.39. The molecule has 1 atom stereocenters. The summed E-state index contributed by atoms with van der Waals surface area (Å²) in [6.45, 7) is 7.03. The van der Waals surface area contributed by atoms with Crippen LogP contribution < -0.4 is 4.74 Å². The average Bonchev–Trinajstić information content (AvgIpc) is 2.52. The first-order chi connectivity index (χ1) is 10.6. The fraction of sp³-hybridized carbons (Fsp3) is 0.400. The predicted molar refractivity (Wildman–Crippen MR) is 91.2 cm³/mol. The molecule has 1 aliphatic heterocycles. The number of benzene rings is 2. The van der Waals surface area contributed by atoms with Gasteiger partial charge in [0.1, 0.15) is 5.75 Å². The summed E-state index contributed by atoms with van der Waals surface area (Å²) in [6.07, 6.45) is 1.05. The molecule has 0 saturated carbocycles. The molecule has 0 aromatic heterocycles. The summed E-state index contributed by atoms with van der Waals surface area (Å²) < 4.78 is 5.26. The first kappa shape index (κ1) is 15.1. The first-order valence-electron chi connectivity index (χ1n) is 7.99. The summed E-state index contributed by atoms with van der Waals surface area (Å²) in [4.78, 5) is 2.60. The van der Waals surface area contributed by atoms with Crippen molar-refractivity contribution in [1.29, 1.82) is 0 Å². The van der Waals surface area contributed by atoms with Gasteiger partial charge in [0.2, 0.25) is 0 Å². The molecule has 0 bridgehead atoms. The zero-order chi connectivity index (χ0) is 15.6. The molecule has 1 saturated heterocycles. The van der Waals surface area contributed by atoms with Crippen LogP contribution in [0.1, 0.15) is 31.0 Å². The van der Waals surface area contributed by atoms with Crippen LogP contribution in [0.5, 0.6) is 5.75 Å². The van der Waals surface area contributed by atoms with Gasteiger partial charge in [-0.1, -0.05) is 56.3 Å². The second-order valence-corrected chi connectivity index (χ2v) is 7.05. The van der Waals surface area contributed by atoms with E-state index in [1.807, 2.05) is 0 Å². The summed E-state index contributed by atoms with van der Waals surface area (Å²) >= 11 is 0. The maximum Gasteiger partial charge on any atom is 0.118 e. The van der Waals surface area contributed by atoms with E-state index in [2.05, 4.69) is 73.3 Å². The van der Waals surface area contributed by atoms with Gasteiger partial charge in [0.25, 0.3) is 0 Å². The largest absolute Gasteiger partial charge is 0.497 e. The van der Waals surface area contributed by atoms with Gasteiger partial charge in [0.05, 0.1) is 7.11 Å². The number of ether oxygens (including phenoxy) is 1. The molecular formula is C20H25NO. The third kappa shape index (κ3) is 3.33. The number of hydrogen-bond acceptors (Lipinski definition) is 2. The number of hydrogen-bond donors (Lipinski definition) is 0. The molecular weight excluding hydrogens is 270 g/mol. The monoisotopic (exact) mass is 295 g/mol. The van der Waals surface area contributed by atoms with Crippen molar-refractivity contribution in [2.75, 3.05) is 20.2 Å². The molecule has 116 valence electrons. The van der Waals surface area contributed by atoms with E-state index in [-0.39, 0.29) is 0 Å². The maximum atomic E-state index is 5.26. The van der Waals surface area contributed by atoms with Gasteiger partial charge in [-0.25, -0.2) is 0 Å². The lowest BCUT2D eigenvalue weighted by Crippen LogP contribution is -2.54. The van der Waals surface area contributed by atoms with Gasteiger partial charge in [0, 0.05) is 19.1 Å². The van der Waals surface area contributed by atoms with Crippen LogP contribution in [-0.4, -0.2) is 25.1 Å². The van der Waals surface area contributed by atoms with Gasteiger partial charge in [-0.3, -0.25) is 4.90 Å². The smallest absolute Gasteiger partial charge is 0.118 e. The van der Waals surface area contributed by atoms with Crippen LogP contribution in [-0.2, 0) is 6.42 Å². The van der Waals surface area contributed by atoms with E-state index < -0.39 is 0 Å². The van der Waals surface area contributed by atoms with Crippen molar-refractivity contribution in [2.45, 2.75) is 26.3 Å². The molecule has 2 aromatic carbocycles. The van der Waals surface area contributed by atoms with Gasteiger partial charge in [-0.15, -0.1) is 0 Å². The van der Waals surface area contributed by atoms with E-state index in [0.29, 0.717) is 11.5 Å². The normalized spacial score (nSPS) is 18.5. The highest BCUT2D eigenvalue weighted by Gasteiger charge is 2.38. The van der Waals surface area contributed by atoms with Crippen molar-refractivity contribution in [3.63, 3.8) is 0 Å². The van der Waals surface area contributed by atoms with E-state index in [9.17, 15) is 0 Å². The highest BCUT2D eigenvalue weighted by atomic mass is 16.5. The van der Waals surface area contributed by atoms with Crippen LogP contribution in [0, 0.1) is 5.41 Å². The minimum absolute atomic E-state index is 0.451. The number of likely N-dealkylation sites (tertiary alicyclic amines) is 1. The number of methoxy groups -OCH3 is 1. The molecule has 1 heterocycles. The number of rotatable bonds is 5. The highest BCUT2D eigenvalue weighted by Crippen LogP contribution is 2.37. The lowest BCUT2D eigenvalue weighted by Gasteiger charge is -2.50. The molecule has 0 amide bonds. The maximum absolute atomic E-state index is 5.26. The third-order valence-corrected chi connectivity index (χ3v) is 4.48. The molecule has 2 heteroatoms. The third-order valence-electron chi connectivity index (χ3n) is 4.48. The lowest BCUT2D eigenvalue weighted by atomic mass is 9.81. The second kappa shape index (κ2) is 6.13. The molecule has 2 aromatic rings. The minimum atomic E-state index is 0.451. The Bertz CT molecular complexity index is 595. The van der Waals surface area contributed by atoms with Crippen LogP contribution in [0.4, 0.5) is 0 Å². The summed E-state index contributed by atoms with van der Waals surface area (Å²) in [7, 11) is 1.71. The molecule has 1 aliphatic rings. The molecule has 0 radical (unpaired) electrons. The van der Waals surface area contributed by atoms with Gasteiger partial charge in [0.15, 0.2) is 0 Å². The molecule has 0 N–H and O–H groups in total. The SMILES string of the molecule is COc1ccc(CC(c2ccccc2)N2CC(C)(C)C2)cc1. The highest BCUT2D eigenvalue weighted by molar-refractivity contribution is 5.30. The van der Waals surface area contributed by atoms with Crippen molar-refractivity contribution < 1.29 is 4.74 Å². The van der Waals surface area contributed by atoms with Gasteiger partial charge >= 0.3 is 0 Å². The van der Waals surface area contributed by atoms with E-state index in [4.69, 9.17) is 4.74 Å². The summed E-state index contributed by atoms with van der Waals surface area (Å²) in [6, 6.07) is 19.8. The Balaban J connectivity index is 1.79. The molecule has 3 rings (SSSR count). The summed E-state index contributed by atoms with van der Waals surface area (Å²) in [5.41, 5.74) is 3.22. The Kier molecular flexibility index (Phi) is 4.21. The Morgan fingerprint density at radius 1 is 1.00 bits per heavy atom. The minimum Gasteiger partial charge on any atom is -0.497 e. The van der Waals surface area contributed by atoms with E-state index in [1.165, 1.54) is 24.2 Å². The van der Waals surface area contributed by atoms with Crippen molar-refractivity contribution in [1.82, 2.24) is 4.90 Å². The van der Waals surface area contributed by atoms with Crippen molar-refractivity contribution in [3.05, 3.63) is 65.7 Å². The Morgan fingerprint density at radius 3 is 2.18 bits per heavy atom. The Morgan fingerprint density at radius 2 is 1.64 bits per heavy atom. The predicted octanol–water partition coefficient (Wildman–Crippen LogP) is 4.32. The standard InChI is InChI=1S/C20H25NO/c1-20(2)14-21(15-20)19(17-7-5-4-6-8-17)13-16-9-11-18(22-3)12-10-16/h4-12,19H,13-15H2,1-3H3. The first-order valence-corrected chi connectivity index (χ1v) is 7.99. The quantitative estimate of drug-likeness (QED) is 0.814. The Hall–Kier alpha value is -1.80. The van der Waals surface area contributed by atoms with Crippen LogP contribution in [0.25, 0.3) is 0 Å². The molecule has 0 spiro atoms. The van der Waals surface area contributed by atoms with Crippen LogP contribution in [0.15, 0.2) is 54.6 Å². The van der Waals surface area contributed by atoms with Crippen molar-refractivity contribution in [3.8, 4) is 5.75 Å². The van der Waals surface area contributed by atoms with Gasteiger partial charge in [-0.2, -0.15) is 0 Å². The molecule has 0 aliphatic carbocycles. The van der Waals surface area contributed by atoms with Crippen molar-refractivity contribution >= 4 is 0 Å². The fourth-order valence-electron chi connectivity index (χ4n) is 3.39. The van der Waals surface area contributed by atoms with Crippen LogP contribution in [0.2, 0.25) is 0 Å². The number of nitrogens with zero attached hydrogens (tertiary/aromatic N) is 1. The average molecular weight is 295 g/mol. The topological polar surface area (TPSA) is 12.5 Å². The summed E-state index contributed by atoms with van der Waals surface area (Å²) in [5, 5.41) is 0. The second-order valence-electron chi connectivity index (χ2n) is 7.05. The van der Waals surface area contributed by atoms with Crippen LogP contribution >= 0.6 is 0 Å². The van der Waals surface area contributed by atoms with E-state index in [0.717, 1.165) is 12.2 Å². The molecule has 2 nitrogen and oxygen atoms in total. The lowest BCUT2D eigenvalue weighted by molar-refractivity contribution is -0.00700. The van der Waals surface area contributed by atoms with Gasteiger partial charge < -0.3 is 4.74 Å². The summed E-state index contributed by atoms with van der Waals surface area (Å²) in [5.74, 6) is 0.921. The molecule has 1 fully saturated rings.